The molecule has 0 N–H and O–H groups in total. The molecule has 10 nitrogen and oxygen atoms in total. The Morgan fingerprint density at radius 2 is 0.714 bits per heavy atom. The summed E-state index contributed by atoms with van der Waals surface area (Å²) in [5.41, 5.74) is 1.16. The largest absolute Gasteiger partial charge is 0.414 e. The van der Waals surface area contributed by atoms with Crippen molar-refractivity contribution in [3.63, 3.8) is 0 Å². The van der Waals surface area contributed by atoms with E-state index in [-0.39, 0.29) is 5.04 Å². The number of rotatable bonds is 30. The predicted molar refractivity (Wildman–Crippen MR) is 166 cm³/mol. The van der Waals surface area contributed by atoms with E-state index in [9.17, 15) is 0 Å². The third-order valence-corrected chi connectivity index (χ3v) is 11.1. The van der Waals surface area contributed by atoms with Gasteiger partial charge in [0.2, 0.25) is 0 Å². The number of benzene rings is 1. The summed E-state index contributed by atoms with van der Waals surface area (Å²) in [6, 6.07) is 10.1. The molecule has 0 heterocycles. The van der Waals surface area contributed by atoms with E-state index in [1.807, 2.05) is 30.3 Å². The number of hydrogen-bond acceptors (Lipinski definition) is 10. The van der Waals surface area contributed by atoms with Crippen molar-refractivity contribution in [3.05, 3.63) is 35.9 Å². The van der Waals surface area contributed by atoms with E-state index in [1.54, 1.807) is 0 Å². The monoisotopic (exact) mass is 618 g/mol. The summed E-state index contributed by atoms with van der Waals surface area (Å²) in [6.45, 7) is 21.6. The molecule has 0 atom stereocenters. The molecule has 0 saturated heterocycles. The molecule has 1 rings (SSSR count). The highest BCUT2D eigenvalue weighted by Gasteiger charge is 2.36. The van der Waals surface area contributed by atoms with Gasteiger partial charge in [0, 0.05) is 0 Å². The van der Waals surface area contributed by atoms with Gasteiger partial charge in [0.25, 0.3) is 0 Å². The molecule has 246 valence electrons. The van der Waals surface area contributed by atoms with E-state index in [1.165, 1.54) is 0 Å². The van der Waals surface area contributed by atoms with Crippen molar-refractivity contribution < 1.29 is 47.1 Å². The van der Waals surface area contributed by atoms with E-state index in [0.717, 1.165) is 5.56 Å². The molecule has 11 heteroatoms. The minimum Gasteiger partial charge on any atom is -0.414 e. The summed E-state index contributed by atoms with van der Waals surface area (Å²) in [4.78, 5) is 0. The highest BCUT2D eigenvalue weighted by atomic mass is 28.4. The van der Waals surface area contributed by atoms with Crippen molar-refractivity contribution in [1.29, 1.82) is 0 Å². The van der Waals surface area contributed by atoms with Crippen molar-refractivity contribution in [1.82, 2.24) is 0 Å². The van der Waals surface area contributed by atoms with Gasteiger partial charge in [-0.05, 0) is 23.7 Å². The van der Waals surface area contributed by atoms with Crippen molar-refractivity contribution in [2.45, 2.75) is 45.5 Å². The molecule has 0 aliphatic heterocycles. The molecular weight excluding hydrogens is 560 g/mol. The Morgan fingerprint density at radius 1 is 0.429 bits per heavy atom. The Hall–Kier alpha value is -0.963. The first-order chi connectivity index (χ1) is 20.3. The zero-order valence-electron chi connectivity index (χ0n) is 26.9. The molecule has 0 unspecified atom stereocenters. The maximum Gasteiger partial charge on any atom is 0.192 e. The quantitative estimate of drug-likeness (QED) is 0.0915. The summed E-state index contributed by atoms with van der Waals surface area (Å²) in [6.07, 6.45) is 0. The third kappa shape index (κ3) is 23.5. The van der Waals surface area contributed by atoms with E-state index in [0.29, 0.717) is 126 Å². The number of hydrogen-bond donors (Lipinski definition) is 0. The zero-order valence-corrected chi connectivity index (χ0v) is 27.9. The topological polar surface area (TPSA) is 92.3 Å². The Bertz CT molecular complexity index is 703. The van der Waals surface area contributed by atoms with Crippen LogP contribution in [-0.4, -0.2) is 127 Å². The number of ether oxygens (including phenoxy) is 9. The first kappa shape index (κ1) is 39.1. The molecule has 0 bridgehead atoms. The van der Waals surface area contributed by atoms with Crippen LogP contribution in [0.15, 0.2) is 30.3 Å². The Balaban J connectivity index is 1.67. The lowest BCUT2D eigenvalue weighted by molar-refractivity contribution is -0.0257. The summed E-state index contributed by atoms with van der Waals surface area (Å²) < 4.78 is 55.7. The van der Waals surface area contributed by atoms with Crippen LogP contribution in [0.3, 0.4) is 0 Å². The summed E-state index contributed by atoms with van der Waals surface area (Å²) in [5.74, 6) is 0. The van der Waals surface area contributed by atoms with Crippen molar-refractivity contribution in [2.75, 3.05) is 119 Å². The maximum atomic E-state index is 6.08. The van der Waals surface area contributed by atoms with Gasteiger partial charge >= 0.3 is 0 Å². The molecule has 0 aliphatic rings. The highest BCUT2D eigenvalue weighted by molar-refractivity contribution is 6.74. The van der Waals surface area contributed by atoms with Gasteiger partial charge in [-0.2, -0.15) is 0 Å². The summed E-state index contributed by atoms with van der Waals surface area (Å²) in [5, 5.41) is 0.221. The van der Waals surface area contributed by atoms with Gasteiger partial charge in [0.1, 0.15) is 0 Å². The maximum absolute atomic E-state index is 6.08. The van der Waals surface area contributed by atoms with E-state index in [4.69, 9.17) is 47.1 Å². The van der Waals surface area contributed by atoms with E-state index >= 15 is 0 Å². The SMILES string of the molecule is CC(C)(C)[Si](C)(C)OCCOCCOCCOCCOCCOCCOCCOCCOCCOCc1ccccc1. The molecule has 0 aliphatic carbocycles. The Kier molecular flexibility index (Phi) is 24.6. The molecule has 1 aromatic rings. The molecule has 42 heavy (non-hydrogen) atoms. The van der Waals surface area contributed by atoms with E-state index in [2.05, 4.69) is 33.9 Å². The Labute approximate surface area is 255 Å². The molecule has 0 radical (unpaired) electrons. The first-order valence-corrected chi connectivity index (χ1v) is 18.1. The minimum absolute atomic E-state index is 0.221. The fraction of sp³-hybridized carbons (Fsp3) is 0.806. The lowest BCUT2D eigenvalue weighted by atomic mass is 10.2. The van der Waals surface area contributed by atoms with Crippen LogP contribution < -0.4 is 0 Å². The van der Waals surface area contributed by atoms with Crippen LogP contribution in [0.25, 0.3) is 0 Å². The average molecular weight is 619 g/mol. The fourth-order valence-electron chi connectivity index (χ4n) is 3.10. The molecule has 0 spiro atoms. The minimum atomic E-state index is -1.69. The van der Waals surface area contributed by atoms with Crippen LogP contribution in [0.1, 0.15) is 26.3 Å². The lowest BCUT2D eigenvalue weighted by Gasteiger charge is -2.36. The second-order valence-corrected chi connectivity index (χ2v) is 15.9. The standard InChI is InChI=1S/C31H58O10Si/c1-31(2,3)42(4,5)41-28-27-39-24-23-37-20-19-35-16-15-33-12-11-32-13-14-34-17-18-36-21-22-38-25-26-40-29-30-9-7-6-8-10-30/h6-10H,11-29H2,1-5H3. The highest BCUT2D eigenvalue weighted by Crippen LogP contribution is 2.36. The van der Waals surface area contributed by atoms with Crippen LogP contribution in [0.5, 0.6) is 0 Å². The third-order valence-electron chi connectivity index (χ3n) is 6.58. The summed E-state index contributed by atoms with van der Waals surface area (Å²) >= 11 is 0. The average Bonchev–Trinajstić information content (AvgIpc) is 2.96. The van der Waals surface area contributed by atoms with E-state index < -0.39 is 8.32 Å². The van der Waals surface area contributed by atoms with Crippen molar-refractivity contribution in [2.24, 2.45) is 0 Å². The van der Waals surface area contributed by atoms with Gasteiger partial charge in [-0.15, -0.1) is 0 Å². The van der Waals surface area contributed by atoms with Crippen molar-refractivity contribution in [3.8, 4) is 0 Å². The van der Waals surface area contributed by atoms with Crippen LogP contribution in [-0.2, 0) is 53.7 Å². The van der Waals surface area contributed by atoms with Gasteiger partial charge in [0.15, 0.2) is 8.32 Å². The van der Waals surface area contributed by atoms with Crippen molar-refractivity contribution >= 4 is 8.32 Å². The van der Waals surface area contributed by atoms with Gasteiger partial charge in [-0.1, -0.05) is 51.1 Å². The van der Waals surface area contributed by atoms with Gasteiger partial charge in [-0.25, -0.2) is 0 Å². The molecule has 0 saturated carbocycles. The molecule has 0 fully saturated rings. The molecule has 1 aromatic carbocycles. The van der Waals surface area contributed by atoms with Crippen LogP contribution in [0.4, 0.5) is 0 Å². The summed E-state index contributed by atoms with van der Waals surface area (Å²) in [7, 11) is -1.69. The second kappa shape index (κ2) is 26.4. The zero-order chi connectivity index (χ0) is 30.6. The van der Waals surface area contributed by atoms with Gasteiger partial charge < -0.3 is 47.1 Å². The lowest BCUT2D eigenvalue weighted by Crippen LogP contribution is -2.41. The van der Waals surface area contributed by atoms with Gasteiger partial charge in [0.05, 0.1) is 126 Å². The fourth-order valence-corrected chi connectivity index (χ4v) is 4.12. The molecular formula is C31H58O10Si. The molecule has 0 aromatic heterocycles. The second-order valence-electron chi connectivity index (χ2n) is 11.0. The predicted octanol–water partition coefficient (Wildman–Crippen LogP) is 4.36. The van der Waals surface area contributed by atoms with Crippen LogP contribution in [0.2, 0.25) is 18.1 Å². The smallest absolute Gasteiger partial charge is 0.192 e. The Morgan fingerprint density at radius 3 is 1.02 bits per heavy atom. The molecule has 0 amide bonds. The van der Waals surface area contributed by atoms with Crippen LogP contribution >= 0.6 is 0 Å². The first-order valence-electron chi connectivity index (χ1n) is 15.2. The van der Waals surface area contributed by atoms with Gasteiger partial charge in [-0.3, -0.25) is 0 Å². The van der Waals surface area contributed by atoms with Crippen LogP contribution in [0, 0.1) is 0 Å². The normalized spacial score (nSPS) is 12.3.